The maximum Gasteiger partial charge on any atom is 0.259 e. The molecule has 0 atom stereocenters. The average Bonchev–Trinajstić information content (AvgIpc) is 2.68. The zero-order valence-electron chi connectivity index (χ0n) is 10.7. The Kier molecular flexibility index (Phi) is 3.05. The fraction of sp³-hybridized carbons (Fsp3) is 0.267. The Hall–Kier alpha value is -1.81. The van der Waals surface area contributed by atoms with Gasteiger partial charge in [-0.2, -0.15) is 0 Å². The van der Waals surface area contributed by atoms with Crippen LogP contribution < -0.4 is 4.90 Å². The third-order valence-corrected chi connectivity index (χ3v) is 4.11. The molecule has 0 aromatic heterocycles. The van der Waals surface area contributed by atoms with Gasteiger partial charge in [0.1, 0.15) is 11.6 Å². The molecule has 5 heteroatoms. The molecular weight excluding hydrogens is 281 g/mol. The molecule has 1 amide bonds. The molecule has 0 saturated heterocycles. The lowest BCUT2D eigenvalue weighted by molar-refractivity contribution is -0.114. The number of amides is 1. The van der Waals surface area contributed by atoms with Gasteiger partial charge >= 0.3 is 0 Å². The van der Waals surface area contributed by atoms with Crippen molar-refractivity contribution >= 4 is 23.2 Å². The number of carbonyl (C=O) groups excluding carboxylic acids is 1. The van der Waals surface area contributed by atoms with Crippen LogP contribution in [-0.4, -0.2) is 11.0 Å². The SMILES string of the molecule is C=C1C2=C(CCCC2)C(=O)N1c1cc(O)c(Cl)cc1F. The molecule has 3 rings (SSSR count). The van der Waals surface area contributed by atoms with Crippen LogP contribution in [0.15, 0.2) is 35.6 Å². The first-order valence-corrected chi connectivity index (χ1v) is 6.82. The second kappa shape index (κ2) is 4.63. The second-order valence-electron chi connectivity index (χ2n) is 5.01. The van der Waals surface area contributed by atoms with E-state index in [9.17, 15) is 14.3 Å². The Morgan fingerprint density at radius 1 is 1.25 bits per heavy atom. The number of allylic oxidation sites excluding steroid dienone is 1. The molecule has 0 fully saturated rings. The number of aromatic hydroxyl groups is 1. The summed E-state index contributed by atoms with van der Waals surface area (Å²) in [6, 6.07) is 2.17. The van der Waals surface area contributed by atoms with Crippen molar-refractivity contribution in [2.45, 2.75) is 25.7 Å². The molecular formula is C15H13ClFNO2. The van der Waals surface area contributed by atoms with Gasteiger partial charge in [0.25, 0.3) is 5.91 Å². The summed E-state index contributed by atoms with van der Waals surface area (Å²) in [5, 5.41) is 9.55. The van der Waals surface area contributed by atoms with E-state index in [1.54, 1.807) is 0 Å². The molecule has 0 unspecified atom stereocenters. The first-order valence-electron chi connectivity index (χ1n) is 6.44. The standard InChI is InChI=1S/C15H13ClFNO2/c1-8-9-4-2-3-5-10(9)15(20)18(8)13-7-14(19)11(16)6-12(13)17/h6-7,19H,1-5H2. The van der Waals surface area contributed by atoms with Crippen molar-refractivity contribution in [1.82, 2.24) is 0 Å². The van der Waals surface area contributed by atoms with Crippen LogP contribution in [0.2, 0.25) is 5.02 Å². The van der Waals surface area contributed by atoms with Gasteiger partial charge in [0.15, 0.2) is 0 Å². The minimum absolute atomic E-state index is 0.00343. The molecule has 0 bridgehead atoms. The highest BCUT2D eigenvalue weighted by atomic mass is 35.5. The Labute approximate surface area is 121 Å². The molecule has 1 aliphatic heterocycles. The summed E-state index contributed by atoms with van der Waals surface area (Å²) >= 11 is 5.66. The van der Waals surface area contributed by atoms with E-state index in [0.29, 0.717) is 12.1 Å². The van der Waals surface area contributed by atoms with Crippen LogP contribution >= 0.6 is 11.6 Å². The third-order valence-electron chi connectivity index (χ3n) is 3.80. The van der Waals surface area contributed by atoms with E-state index in [4.69, 9.17) is 11.6 Å². The molecule has 2 aliphatic rings. The van der Waals surface area contributed by atoms with Gasteiger partial charge in [-0.3, -0.25) is 9.69 Å². The monoisotopic (exact) mass is 293 g/mol. The summed E-state index contributed by atoms with van der Waals surface area (Å²) in [6.07, 6.45) is 3.45. The predicted octanol–water partition coefficient (Wildman–Crippen LogP) is 3.92. The number of nitrogens with zero attached hydrogens (tertiary/aromatic N) is 1. The van der Waals surface area contributed by atoms with Crippen LogP contribution in [0.25, 0.3) is 0 Å². The summed E-state index contributed by atoms with van der Waals surface area (Å²) in [7, 11) is 0. The number of phenolic OH excluding ortho intramolecular Hbond substituents is 1. The number of anilines is 1. The Morgan fingerprint density at radius 2 is 1.90 bits per heavy atom. The fourth-order valence-corrected chi connectivity index (χ4v) is 2.96. The number of carbonyl (C=O) groups is 1. The van der Waals surface area contributed by atoms with Crippen molar-refractivity contribution in [2.75, 3.05) is 4.90 Å². The number of phenols is 1. The highest BCUT2D eigenvalue weighted by Gasteiger charge is 2.37. The van der Waals surface area contributed by atoms with Crippen LogP contribution in [0.1, 0.15) is 25.7 Å². The largest absolute Gasteiger partial charge is 0.506 e. The molecule has 1 aromatic carbocycles. The minimum atomic E-state index is -0.651. The summed E-state index contributed by atoms with van der Waals surface area (Å²) in [4.78, 5) is 13.7. The van der Waals surface area contributed by atoms with Gasteiger partial charge in [-0.05, 0) is 37.3 Å². The molecule has 0 saturated carbocycles. The highest BCUT2D eigenvalue weighted by molar-refractivity contribution is 6.32. The van der Waals surface area contributed by atoms with E-state index in [1.807, 2.05) is 0 Å². The normalized spacial score (nSPS) is 18.8. The summed E-state index contributed by atoms with van der Waals surface area (Å²) < 4.78 is 14.1. The van der Waals surface area contributed by atoms with Crippen molar-refractivity contribution in [3.05, 3.63) is 46.4 Å². The molecule has 20 heavy (non-hydrogen) atoms. The van der Waals surface area contributed by atoms with Crippen molar-refractivity contribution in [1.29, 1.82) is 0 Å². The number of rotatable bonds is 1. The Bertz CT molecular complexity index is 638. The molecule has 0 spiro atoms. The number of halogens is 2. The van der Waals surface area contributed by atoms with Gasteiger partial charge in [-0.15, -0.1) is 0 Å². The van der Waals surface area contributed by atoms with Crippen LogP contribution in [0.4, 0.5) is 10.1 Å². The number of benzene rings is 1. The fourth-order valence-electron chi connectivity index (χ4n) is 2.80. The maximum atomic E-state index is 14.1. The van der Waals surface area contributed by atoms with Gasteiger partial charge in [0, 0.05) is 17.3 Å². The molecule has 1 aliphatic carbocycles. The lowest BCUT2D eigenvalue weighted by Gasteiger charge is -2.20. The second-order valence-corrected chi connectivity index (χ2v) is 5.41. The molecule has 3 nitrogen and oxygen atoms in total. The number of hydrogen-bond acceptors (Lipinski definition) is 2. The van der Waals surface area contributed by atoms with Crippen LogP contribution in [-0.2, 0) is 4.79 Å². The Morgan fingerprint density at radius 3 is 2.55 bits per heavy atom. The summed E-state index contributed by atoms with van der Waals surface area (Å²) in [6.45, 7) is 3.91. The molecule has 1 heterocycles. The van der Waals surface area contributed by atoms with E-state index in [1.165, 1.54) is 11.0 Å². The van der Waals surface area contributed by atoms with Crippen molar-refractivity contribution in [3.8, 4) is 5.75 Å². The molecule has 104 valence electrons. The van der Waals surface area contributed by atoms with Gasteiger partial charge < -0.3 is 5.11 Å². The van der Waals surface area contributed by atoms with Crippen molar-refractivity contribution in [2.24, 2.45) is 0 Å². The van der Waals surface area contributed by atoms with Gasteiger partial charge in [0.05, 0.1) is 10.7 Å². The van der Waals surface area contributed by atoms with Crippen LogP contribution in [0.3, 0.4) is 0 Å². The van der Waals surface area contributed by atoms with Gasteiger partial charge in [-0.1, -0.05) is 18.2 Å². The summed E-state index contributed by atoms with van der Waals surface area (Å²) in [5.41, 5.74) is 2.13. The quantitative estimate of drug-likeness (QED) is 0.852. The molecule has 0 radical (unpaired) electrons. The lowest BCUT2D eigenvalue weighted by atomic mass is 9.93. The highest BCUT2D eigenvalue weighted by Crippen LogP contribution is 2.42. The van der Waals surface area contributed by atoms with E-state index in [2.05, 4.69) is 6.58 Å². The summed E-state index contributed by atoms with van der Waals surface area (Å²) in [5.74, 6) is -1.15. The van der Waals surface area contributed by atoms with Crippen LogP contribution in [0, 0.1) is 5.82 Å². The van der Waals surface area contributed by atoms with Crippen molar-refractivity contribution < 1.29 is 14.3 Å². The smallest absolute Gasteiger partial charge is 0.259 e. The van der Waals surface area contributed by atoms with Crippen LogP contribution in [0.5, 0.6) is 5.75 Å². The van der Waals surface area contributed by atoms with Gasteiger partial charge in [-0.25, -0.2) is 4.39 Å². The minimum Gasteiger partial charge on any atom is -0.506 e. The van der Waals surface area contributed by atoms with E-state index in [0.717, 1.165) is 36.5 Å². The first-order chi connectivity index (χ1) is 9.50. The first kappa shape index (κ1) is 13.2. The molecule has 1 N–H and O–H groups in total. The average molecular weight is 294 g/mol. The molecule has 1 aromatic rings. The van der Waals surface area contributed by atoms with E-state index in [-0.39, 0.29) is 22.4 Å². The van der Waals surface area contributed by atoms with E-state index >= 15 is 0 Å². The lowest BCUT2D eigenvalue weighted by Crippen LogP contribution is -2.25. The zero-order chi connectivity index (χ0) is 14.4. The maximum absolute atomic E-state index is 14.1. The number of hydrogen-bond donors (Lipinski definition) is 1. The third kappa shape index (κ3) is 1.83. The van der Waals surface area contributed by atoms with Gasteiger partial charge in [0.2, 0.25) is 0 Å². The van der Waals surface area contributed by atoms with Crippen molar-refractivity contribution in [3.63, 3.8) is 0 Å². The van der Waals surface area contributed by atoms with E-state index < -0.39 is 5.82 Å². The predicted molar refractivity (Wildman–Crippen MR) is 75.2 cm³/mol. The zero-order valence-corrected chi connectivity index (χ0v) is 11.5. The topological polar surface area (TPSA) is 40.5 Å². The Balaban J connectivity index is 2.07.